The van der Waals surface area contributed by atoms with Crippen molar-refractivity contribution in [3.63, 3.8) is 0 Å². The van der Waals surface area contributed by atoms with Crippen LogP contribution in [0.5, 0.6) is 17.2 Å². The summed E-state index contributed by atoms with van der Waals surface area (Å²) in [5, 5.41) is 3.02. The lowest BCUT2D eigenvalue weighted by molar-refractivity contribution is -0.139. The van der Waals surface area contributed by atoms with Gasteiger partial charge in [-0.2, -0.15) is 0 Å². The van der Waals surface area contributed by atoms with Crippen molar-refractivity contribution in [2.75, 3.05) is 38.7 Å². The van der Waals surface area contributed by atoms with Gasteiger partial charge in [-0.1, -0.05) is 37.1 Å². The molecule has 1 N–H and O–H groups in total. The molecule has 0 spiro atoms. The van der Waals surface area contributed by atoms with Gasteiger partial charge in [-0.15, -0.1) is 0 Å². The Bertz CT molecular complexity index is 1550. The minimum absolute atomic E-state index is 0.00455. The highest BCUT2D eigenvalue weighted by molar-refractivity contribution is 7.92. The van der Waals surface area contributed by atoms with Crippen LogP contribution in [0.4, 0.5) is 10.1 Å². The van der Waals surface area contributed by atoms with Crippen LogP contribution in [0.1, 0.15) is 32.3 Å². The number of benzene rings is 3. The molecule has 44 heavy (non-hydrogen) atoms. The van der Waals surface area contributed by atoms with Crippen molar-refractivity contribution >= 4 is 39.1 Å². The first-order valence-electron chi connectivity index (χ1n) is 13.9. The summed E-state index contributed by atoms with van der Waals surface area (Å²) >= 11 is 6.28. The van der Waals surface area contributed by atoms with E-state index < -0.39 is 40.2 Å². The lowest BCUT2D eigenvalue weighted by Crippen LogP contribution is -2.51. The Labute approximate surface area is 262 Å². The van der Waals surface area contributed by atoms with Crippen LogP contribution >= 0.6 is 11.6 Å². The van der Waals surface area contributed by atoms with E-state index in [-0.39, 0.29) is 33.6 Å². The molecule has 0 aliphatic rings. The number of anilines is 1. The Hall–Kier alpha value is -4.03. The molecule has 1 atom stereocenters. The summed E-state index contributed by atoms with van der Waals surface area (Å²) in [7, 11) is -0.319. The number of rotatable bonds is 15. The van der Waals surface area contributed by atoms with Gasteiger partial charge in [-0.05, 0) is 61.4 Å². The molecule has 3 aromatic rings. The molecule has 0 heterocycles. The molecule has 2 amide bonds. The smallest absolute Gasteiger partial charge is 0.265 e. The molecule has 238 valence electrons. The third-order valence-corrected chi connectivity index (χ3v) is 8.89. The fraction of sp³-hybridized carbons (Fsp3) is 0.355. The van der Waals surface area contributed by atoms with Crippen molar-refractivity contribution in [1.82, 2.24) is 10.2 Å². The molecule has 3 aromatic carbocycles. The molecule has 0 radical (unpaired) electrons. The average molecular weight is 650 g/mol. The third kappa shape index (κ3) is 8.32. The number of unbranched alkanes of at least 4 members (excludes halogenated alkanes) is 1. The van der Waals surface area contributed by atoms with Gasteiger partial charge in [0.1, 0.15) is 24.2 Å². The van der Waals surface area contributed by atoms with Crippen LogP contribution in [0.3, 0.4) is 0 Å². The lowest BCUT2D eigenvalue weighted by atomic mass is 10.1. The Morgan fingerprint density at radius 2 is 1.57 bits per heavy atom. The van der Waals surface area contributed by atoms with E-state index in [1.54, 1.807) is 6.92 Å². The van der Waals surface area contributed by atoms with Gasteiger partial charge in [0, 0.05) is 24.2 Å². The van der Waals surface area contributed by atoms with E-state index >= 15 is 0 Å². The van der Waals surface area contributed by atoms with Crippen molar-refractivity contribution in [1.29, 1.82) is 0 Å². The molecule has 1 unspecified atom stereocenters. The SMILES string of the molecule is CCCCNC(=O)C(C)N(Cc1ccc(F)cc1)C(=O)CN(c1cc(Cl)ccc1OC)S(=O)(=O)c1ccc(OC)c(OC)c1. The lowest BCUT2D eigenvalue weighted by Gasteiger charge is -2.32. The van der Waals surface area contributed by atoms with E-state index in [4.69, 9.17) is 25.8 Å². The number of hydrogen-bond acceptors (Lipinski definition) is 7. The maximum absolute atomic E-state index is 14.3. The molecule has 0 saturated heterocycles. The highest BCUT2D eigenvalue weighted by Gasteiger charge is 2.34. The second-order valence-corrected chi connectivity index (χ2v) is 12.1. The van der Waals surface area contributed by atoms with E-state index in [9.17, 15) is 22.4 Å². The van der Waals surface area contributed by atoms with Crippen LogP contribution in [-0.4, -0.2) is 65.6 Å². The largest absolute Gasteiger partial charge is 0.495 e. The number of carbonyl (C=O) groups excluding carboxylic acids is 2. The molecule has 0 fully saturated rings. The number of halogens is 2. The summed E-state index contributed by atoms with van der Waals surface area (Å²) in [6.45, 7) is 3.14. The van der Waals surface area contributed by atoms with Gasteiger partial charge in [-0.25, -0.2) is 12.8 Å². The van der Waals surface area contributed by atoms with E-state index in [0.29, 0.717) is 17.9 Å². The highest BCUT2D eigenvalue weighted by Crippen LogP contribution is 2.37. The molecule has 0 bridgehead atoms. The van der Waals surface area contributed by atoms with Crippen LogP contribution in [0, 0.1) is 5.82 Å². The normalized spacial score (nSPS) is 11.8. The van der Waals surface area contributed by atoms with E-state index in [1.165, 1.54) is 86.9 Å². The number of carbonyl (C=O) groups is 2. The predicted octanol–water partition coefficient (Wildman–Crippen LogP) is 5.03. The fourth-order valence-corrected chi connectivity index (χ4v) is 5.98. The third-order valence-electron chi connectivity index (χ3n) is 6.89. The van der Waals surface area contributed by atoms with Gasteiger partial charge in [-0.3, -0.25) is 13.9 Å². The van der Waals surface area contributed by atoms with Crippen LogP contribution in [-0.2, 0) is 26.2 Å². The Kier molecular flexibility index (Phi) is 12.2. The van der Waals surface area contributed by atoms with Crippen molar-refractivity contribution in [3.8, 4) is 17.2 Å². The van der Waals surface area contributed by atoms with Crippen molar-refractivity contribution in [2.24, 2.45) is 0 Å². The number of ether oxygens (including phenoxy) is 3. The first-order valence-corrected chi connectivity index (χ1v) is 15.7. The maximum atomic E-state index is 14.3. The van der Waals surface area contributed by atoms with E-state index in [0.717, 1.165) is 17.1 Å². The quantitative estimate of drug-likeness (QED) is 0.230. The molecule has 0 saturated carbocycles. The topological polar surface area (TPSA) is 114 Å². The summed E-state index contributed by atoms with van der Waals surface area (Å²) in [5.74, 6) is -0.961. The summed E-state index contributed by atoms with van der Waals surface area (Å²) in [5.41, 5.74) is 0.549. The number of nitrogens with one attached hydrogen (secondary N) is 1. The second kappa shape index (κ2) is 15.6. The zero-order valence-electron chi connectivity index (χ0n) is 25.3. The number of methoxy groups -OCH3 is 3. The van der Waals surface area contributed by atoms with Crippen molar-refractivity contribution < 1.29 is 36.6 Å². The van der Waals surface area contributed by atoms with Crippen molar-refractivity contribution in [2.45, 2.75) is 44.2 Å². The highest BCUT2D eigenvalue weighted by atomic mass is 35.5. The molecule has 0 aliphatic heterocycles. The maximum Gasteiger partial charge on any atom is 0.265 e. The Morgan fingerprint density at radius 1 is 0.932 bits per heavy atom. The summed E-state index contributed by atoms with van der Waals surface area (Å²) in [6, 6.07) is 12.9. The van der Waals surface area contributed by atoms with Crippen LogP contribution in [0.2, 0.25) is 5.02 Å². The Balaban J connectivity index is 2.11. The molecule has 0 aromatic heterocycles. The number of amides is 2. The Morgan fingerprint density at radius 3 is 2.18 bits per heavy atom. The minimum Gasteiger partial charge on any atom is -0.495 e. The van der Waals surface area contributed by atoms with Gasteiger partial charge in [0.15, 0.2) is 11.5 Å². The first-order chi connectivity index (χ1) is 21.0. The molecular weight excluding hydrogens is 613 g/mol. The molecule has 3 rings (SSSR count). The fourth-order valence-electron chi connectivity index (χ4n) is 4.38. The number of hydrogen-bond donors (Lipinski definition) is 1. The second-order valence-electron chi connectivity index (χ2n) is 9.81. The summed E-state index contributed by atoms with van der Waals surface area (Å²) in [6.07, 6.45) is 1.60. The van der Waals surface area contributed by atoms with Gasteiger partial charge >= 0.3 is 0 Å². The minimum atomic E-state index is -4.47. The number of nitrogens with zero attached hydrogens (tertiary/aromatic N) is 2. The van der Waals surface area contributed by atoms with Crippen LogP contribution in [0.15, 0.2) is 65.6 Å². The monoisotopic (exact) mass is 649 g/mol. The van der Waals surface area contributed by atoms with E-state index in [2.05, 4.69) is 5.32 Å². The molecule has 0 aliphatic carbocycles. The first kappa shape index (κ1) is 34.5. The summed E-state index contributed by atoms with van der Waals surface area (Å²) < 4.78 is 59.0. The van der Waals surface area contributed by atoms with Gasteiger partial charge in [0.2, 0.25) is 11.8 Å². The zero-order chi connectivity index (χ0) is 32.4. The van der Waals surface area contributed by atoms with Gasteiger partial charge in [0.05, 0.1) is 31.9 Å². The van der Waals surface area contributed by atoms with E-state index in [1.807, 2.05) is 6.92 Å². The number of sulfonamides is 1. The van der Waals surface area contributed by atoms with Gasteiger partial charge in [0.25, 0.3) is 10.0 Å². The van der Waals surface area contributed by atoms with Crippen molar-refractivity contribution in [3.05, 3.63) is 77.1 Å². The van der Waals surface area contributed by atoms with Crippen LogP contribution in [0.25, 0.3) is 0 Å². The summed E-state index contributed by atoms with van der Waals surface area (Å²) in [4.78, 5) is 28.3. The standard InChI is InChI=1S/C31H37ClFN3O7S/c1-6-7-16-34-31(38)21(2)35(19-22-8-11-24(33)12-9-22)30(37)20-36(26-17-23(32)10-14-27(26)41-3)44(39,40)25-13-15-28(42-4)29(18-25)43-5/h8-15,17-18,21H,6-7,16,19-20H2,1-5H3,(H,34,38). The molecular formula is C31H37ClFN3O7S. The van der Waals surface area contributed by atoms with Gasteiger partial charge < -0.3 is 24.4 Å². The molecule has 10 nitrogen and oxygen atoms in total. The zero-order valence-corrected chi connectivity index (χ0v) is 26.9. The molecule has 13 heteroatoms. The predicted molar refractivity (Wildman–Crippen MR) is 166 cm³/mol. The van der Waals surface area contributed by atoms with Crippen LogP contribution < -0.4 is 23.8 Å². The average Bonchev–Trinajstić information content (AvgIpc) is 3.02.